The summed E-state index contributed by atoms with van der Waals surface area (Å²) in [4.78, 5) is 20.6. The first-order valence-electron chi connectivity index (χ1n) is 8.94. The van der Waals surface area contributed by atoms with Gasteiger partial charge in [-0.1, -0.05) is 0 Å². The molecule has 0 unspecified atom stereocenters. The molecule has 31 heavy (non-hydrogen) atoms. The lowest BCUT2D eigenvalue weighted by molar-refractivity contribution is -0.385. The Bertz CT molecular complexity index is 1390. The van der Waals surface area contributed by atoms with Gasteiger partial charge in [0.05, 0.1) is 21.2 Å². The maximum absolute atomic E-state index is 10.8. The van der Waals surface area contributed by atoms with Crippen LogP contribution in [-0.4, -0.2) is 9.85 Å². The van der Waals surface area contributed by atoms with Crippen molar-refractivity contribution in [1.82, 2.24) is 0 Å². The molecule has 0 bridgehead atoms. The van der Waals surface area contributed by atoms with Crippen LogP contribution >= 0.6 is 0 Å². The minimum Gasteiger partial charge on any atom is -0.438 e. The summed E-state index contributed by atoms with van der Waals surface area (Å²) in [6.07, 6.45) is 0. The molecule has 4 rings (SSSR count). The van der Waals surface area contributed by atoms with Gasteiger partial charge in [-0.05, 0) is 54.1 Å². The molecular formula is C21H13N5O5. The van der Waals surface area contributed by atoms with Gasteiger partial charge in [0.25, 0.3) is 11.4 Å². The van der Waals surface area contributed by atoms with Crippen LogP contribution in [0.25, 0.3) is 22.1 Å². The van der Waals surface area contributed by atoms with Crippen LogP contribution in [0.4, 0.5) is 22.7 Å². The summed E-state index contributed by atoms with van der Waals surface area (Å²) in [5.74, 6) is 0. The molecule has 1 aromatic heterocycles. The Kier molecular flexibility index (Phi) is 5.02. The smallest absolute Gasteiger partial charge is 0.269 e. The van der Waals surface area contributed by atoms with E-state index in [0.717, 1.165) is 0 Å². The van der Waals surface area contributed by atoms with E-state index in [1.54, 1.807) is 36.4 Å². The van der Waals surface area contributed by atoms with Crippen LogP contribution in [0, 0.1) is 25.6 Å². The van der Waals surface area contributed by atoms with Gasteiger partial charge >= 0.3 is 0 Å². The summed E-state index contributed by atoms with van der Waals surface area (Å²) in [5, 5.41) is 38.6. The van der Waals surface area contributed by atoms with E-state index in [-0.39, 0.29) is 16.9 Å². The second-order valence-electron chi connectivity index (χ2n) is 6.49. The highest BCUT2D eigenvalue weighted by Gasteiger charge is 2.10. The molecule has 0 spiro atoms. The lowest BCUT2D eigenvalue weighted by atomic mass is 10.1. The lowest BCUT2D eigenvalue weighted by Gasteiger charge is -2.04. The SMILES string of the molecule is N=c1oc2ccc(N=Nc3ccc([N+](=O)[O-])cc3)cc2cc1-c1ccc([N+](=O)[O-])cc1. The number of nitrogens with one attached hydrogen (secondary N) is 1. The zero-order valence-corrected chi connectivity index (χ0v) is 15.8. The summed E-state index contributed by atoms with van der Waals surface area (Å²) in [5.41, 5.74) is 2.41. The van der Waals surface area contributed by atoms with Crippen LogP contribution in [0.3, 0.4) is 0 Å². The first-order chi connectivity index (χ1) is 14.9. The summed E-state index contributed by atoms with van der Waals surface area (Å²) in [7, 11) is 0. The standard InChI is InChI=1S/C21H13N5O5/c22-21-19(13-1-6-17(7-2-13)25(27)28)12-14-11-16(5-10-20(14)31-21)24-23-15-3-8-18(9-4-15)26(29)30/h1-12,22H. The monoisotopic (exact) mass is 415 g/mol. The predicted octanol–water partition coefficient (Wildman–Crippen LogP) is 5.81. The van der Waals surface area contributed by atoms with Crippen molar-refractivity contribution in [3.63, 3.8) is 0 Å². The Hall–Kier alpha value is -4.73. The highest BCUT2D eigenvalue weighted by Crippen LogP contribution is 2.27. The largest absolute Gasteiger partial charge is 0.438 e. The van der Waals surface area contributed by atoms with E-state index in [2.05, 4.69) is 10.2 Å². The summed E-state index contributed by atoms with van der Waals surface area (Å²) >= 11 is 0. The molecule has 0 aliphatic carbocycles. The molecule has 0 fully saturated rings. The maximum Gasteiger partial charge on any atom is 0.269 e. The molecule has 1 heterocycles. The van der Waals surface area contributed by atoms with Crippen molar-refractivity contribution in [2.75, 3.05) is 0 Å². The van der Waals surface area contributed by atoms with Crippen LogP contribution < -0.4 is 5.55 Å². The van der Waals surface area contributed by atoms with Crippen molar-refractivity contribution in [3.05, 3.63) is 98.6 Å². The van der Waals surface area contributed by atoms with Crippen molar-refractivity contribution in [2.24, 2.45) is 10.2 Å². The molecule has 10 nitrogen and oxygen atoms in total. The Morgan fingerprint density at radius 2 is 1.29 bits per heavy atom. The van der Waals surface area contributed by atoms with Gasteiger partial charge in [-0.3, -0.25) is 25.6 Å². The zero-order valence-electron chi connectivity index (χ0n) is 15.8. The van der Waals surface area contributed by atoms with Crippen molar-refractivity contribution < 1.29 is 14.3 Å². The van der Waals surface area contributed by atoms with E-state index in [0.29, 0.717) is 33.5 Å². The third-order valence-corrected chi connectivity index (χ3v) is 4.48. The molecule has 0 saturated carbocycles. The van der Waals surface area contributed by atoms with Gasteiger partial charge in [-0.25, -0.2) is 0 Å². The van der Waals surface area contributed by atoms with Gasteiger partial charge in [0.2, 0.25) is 5.55 Å². The minimum absolute atomic E-state index is 0.0313. The topological polar surface area (TPSA) is 148 Å². The summed E-state index contributed by atoms with van der Waals surface area (Å²) < 4.78 is 5.57. The average Bonchev–Trinajstić information content (AvgIpc) is 2.77. The van der Waals surface area contributed by atoms with E-state index >= 15 is 0 Å². The van der Waals surface area contributed by atoms with Gasteiger partial charge < -0.3 is 4.42 Å². The van der Waals surface area contributed by atoms with E-state index in [9.17, 15) is 20.2 Å². The Balaban J connectivity index is 1.66. The molecule has 152 valence electrons. The van der Waals surface area contributed by atoms with Gasteiger partial charge in [0, 0.05) is 35.2 Å². The number of nitro benzene ring substituents is 2. The third kappa shape index (κ3) is 4.17. The Morgan fingerprint density at radius 1 is 0.742 bits per heavy atom. The highest BCUT2D eigenvalue weighted by molar-refractivity contribution is 5.84. The van der Waals surface area contributed by atoms with Crippen molar-refractivity contribution in [2.45, 2.75) is 0 Å². The Morgan fingerprint density at radius 3 is 1.90 bits per heavy atom. The lowest BCUT2D eigenvalue weighted by Crippen LogP contribution is -2.03. The number of nitrogens with zero attached hydrogens (tertiary/aromatic N) is 4. The fourth-order valence-corrected chi connectivity index (χ4v) is 2.92. The molecule has 0 radical (unpaired) electrons. The fraction of sp³-hybridized carbons (Fsp3) is 0. The number of fused-ring (bicyclic) bond motifs is 1. The fourth-order valence-electron chi connectivity index (χ4n) is 2.92. The second-order valence-corrected chi connectivity index (χ2v) is 6.49. The number of azo groups is 1. The third-order valence-electron chi connectivity index (χ3n) is 4.48. The molecular weight excluding hydrogens is 402 g/mol. The van der Waals surface area contributed by atoms with Gasteiger partial charge in [-0.2, -0.15) is 10.2 Å². The van der Waals surface area contributed by atoms with Crippen LogP contribution in [-0.2, 0) is 0 Å². The van der Waals surface area contributed by atoms with E-state index < -0.39 is 9.85 Å². The predicted molar refractivity (Wildman–Crippen MR) is 111 cm³/mol. The Labute approximate surface area is 173 Å². The number of hydrogen-bond donors (Lipinski definition) is 1. The molecule has 10 heteroatoms. The normalized spacial score (nSPS) is 11.1. The van der Waals surface area contributed by atoms with Crippen LogP contribution in [0.1, 0.15) is 0 Å². The molecule has 1 N–H and O–H groups in total. The molecule has 0 amide bonds. The number of hydrogen-bond acceptors (Lipinski definition) is 8. The first kappa shape index (κ1) is 19.6. The summed E-state index contributed by atoms with van der Waals surface area (Å²) in [6, 6.07) is 18.4. The molecule has 0 aliphatic rings. The average molecular weight is 415 g/mol. The quantitative estimate of drug-likeness (QED) is 0.248. The minimum atomic E-state index is -0.489. The zero-order chi connectivity index (χ0) is 22.0. The highest BCUT2D eigenvalue weighted by atomic mass is 16.6. The van der Waals surface area contributed by atoms with Crippen molar-refractivity contribution in [1.29, 1.82) is 5.41 Å². The molecule has 0 atom stereocenters. The molecule has 0 aliphatic heterocycles. The van der Waals surface area contributed by atoms with Gasteiger partial charge in [-0.15, -0.1) is 0 Å². The van der Waals surface area contributed by atoms with E-state index in [1.807, 2.05) is 0 Å². The summed E-state index contributed by atoms with van der Waals surface area (Å²) in [6.45, 7) is 0. The molecule has 0 saturated heterocycles. The number of benzene rings is 3. The molecule has 3 aromatic carbocycles. The van der Waals surface area contributed by atoms with Crippen LogP contribution in [0.15, 0.2) is 87.4 Å². The molecule has 4 aromatic rings. The van der Waals surface area contributed by atoms with Crippen molar-refractivity contribution >= 4 is 33.7 Å². The van der Waals surface area contributed by atoms with Gasteiger partial charge in [0.15, 0.2) is 0 Å². The van der Waals surface area contributed by atoms with E-state index in [1.165, 1.54) is 36.4 Å². The van der Waals surface area contributed by atoms with Crippen LogP contribution in [0.2, 0.25) is 0 Å². The number of rotatable bonds is 5. The van der Waals surface area contributed by atoms with Gasteiger partial charge in [0.1, 0.15) is 5.58 Å². The van der Waals surface area contributed by atoms with E-state index in [4.69, 9.17) is 9.83 Å². The van der Waals surface area contributed by atoms with Crippen molar-refractivity contribution in [3.8, 4) is 11.1 Å². The first-order valence-corrected chi connectivity index (χ1v) is 8.94. The number of nitro groups is 2. The second kappa shape index (κ2) is 7.95. The maximum atomic E-state index is 10.8. The number of non-ortho nitro benzene ring substituents is 2. The van der Waals surface area contributed by atoms with Crippen LogP contribution in [0.5, 0.6) is 0 Å².